The Balaban J connectivity index is 2.08. The first-order chi connectivity index (χ1) is 11.8. The minimum absolute atomic E-state index is 0.0229. The molecular formula is C18H13I2NO2SeSi. The number of phenols is 1. The first kappa shape index (κ1) is 17.9. The van der Waals surface area contributed by atoms with Gasteiger partial charge < -0.3 is 0 Å². The Morgan fingerprint density at radius 1 is 1.20 bits per heavy atom. The number of rotatable bonds is 1. The van der Waals surface area contributed by atoms with E-state index in [1.807, 2.05) is 12.1 Å². The summed E-state index contributed by atoms with van der Waals surface area (Å²) < 4.78 is 3.75. The normalized spacial score (nSPS) is 17.7. The summed E-state index contributed by atoms with van der Waals surface area (Å²) in [4.78, 5) is 16.8. The van der Waals surface area contributed by atoms with Crippen LogP contribution in [0.4, 0.5) is 5.69 Å². The van der Waals surface area contributed by atoms with Gasteiger partial charge in [-0.15, -0.1) is 0 Å². The van der Waals surface area contributed by atoms with Crippen LogP contribution < -0.4 is 5.19 Å². The molecule has 2 aromatic rings. The molecule has 7 heteroatoms. The number of nitrogens with zero attached hydrogens (tertiary/aromatic N) is 1. The Labute approximate surface area is 180 Å². The zero-order valence-corrected chi connectivity index (χ0v) is 20.5. The molecule has 1 aromatic carbocycles. The van der Waals surface area contributed by atoms with Crippen LogP contribution in [0.5, 0.6) is 5.75 Å². The average Bonchev–Trinajstić information content (AvgIpc) is 2.87. The molecule has 0 radical (unpaired) electrons. The van der Waals surface area contributed by atoms with Crippen LogP contribution in [0, 0.1) is 6.01 Å². The first-order valence-electron chi connectivity index (χ1n) is 7.64. The number of benzene rings is 1. The van der Waals surface area contributed by atoms with E-state index in [0.29, 0.717) is 5.75 Å². The van der Waals surface area contributed by atoms with Gasteiger partial charge in [0.05, 0.1) is 0 Å². The topological polar surface area (TPSA) is 49.7 Å². The standard InChI is InChI=1S/C18H13I2NO2SeSi/c1-25(2)14-7-9(22)3-4-11(14)21-12-5-6-13(23)16(18(12)25)17-10(19)8-15(20)24-17/h3-8,23H,1-2H3. The average molecular weight is 636 g/mol. The van der Waals surface area contributed by atoms with Crippen LogP contribution in [-0.2, 0) is 4.79 Å². The van der Waals surface area contributed by atoms with Gasteiger partial charge in [-0.05, 0) is 0 Å². The third-order valence-electron chi connectivity index (χ3n) is 4.55. The van der Waals surface area contributed by atoms with Crippen LogP contribution in [0.25, 0.3) is 10.0 Å². The van der Waals surface area contributed by atoms with Crippen molar-refractivity contribution in [3.8, 4) is 15.8 Å². The second-order valence-corrected chi connectivity index (χ2v) is 17.0. The van der Waals surface area contributed by atoms with E-state index in [4.69, 9.17) is 4.99 Å². The summed E-state index contributed by atoms with van der Waals surface area (Å²) in [6.45, 7) is 4.49. The number of ketones is 1. The van der Waals surface area contributed by atoms with E-state index >= 15 is 0 Å². The molecule has 25 heavy (non-hydrogen) atoms. The molecule has 0 saturated carbocycles. The molecule has 0 saturated heterocycles. The molecule has 1 N–H and O–H groups in total. The Morgan fingerprint density at radius 2 is 1.96 bits per heavy atom. The second kappa shape index (κ2) is 6.30. The van der Waals surface area contributed by atoms with Crippen molar-refractivity contribution in [3.63, 3.8) is 0 Å². The molecule has 2 heterocycles. The van der Waals surface area contributed by atoms with Crippen molar-refractivity contribution in [2.45, 2.75) is 13.1 Å². The number of phenolic OH excluding ortho intramolecular Hbond substituents is 1. The predicted molar refractivity (Wildman–Crippen MR) is 122 cm³/mol. The van der Waals surface area contributed by atoms with E-state index in [-0.39, 0.29) is 20.3 Å². The maximum absolute atomic E-state index is 12.0. The first-order valence-corrected chi connectivity index (χ1v) is 14.5. The summed E-state index contributed by atoms with van der Waals surface area (Å²) in [5.41, 5.74) is 2.78. The Kier molecular flexibility index (Phi) is 4.51. The summed E-state index contributed by atoms with van der Waals surface area (Å²) in [6.07, 6.45) is 5.15. The fourth-order valence-corrected chi connectivity index (χ4v) is 12.3. The van der Waals surface area contributed by atoms with Gasteiger partial charge in [0.15, 0.2) is 0 Å². The van der Waals surface area contributed by atoms with Crippen LogP contribution in [0.3, 0.4) is 0 Å². The third kappa shape index (κ3) is 2.88. The summed E-state index contributed by atoms with van der Waals surface area (Å²) >= 11 is 4.94. The van der Waals surface area contributed by atoms with Gasteiger partial charge in [-0.3, -0.25) is 0 Å². The van der Waals surface area contributed by atoms with Crippen molar-refractivity contribution >= 4 is 90.1 Å². The van der Waals surface area contributed by atoms with Crippen molar-refractivity contribution in [2.75, 3.05) is 0 Å². The number of hydrogen-bond acceptors (Lipinski definition) is 3. The summed E-state index contributed by atoms with van der Waals surface area (Å²) in [6, 6.07) is 5.85. The molecule has 0 spiro atoms. The number of fused-ring (bicyclic) bond motifs is 2. The van der Waals surface area contributed by atoms with E-state index in [1.54, 1.807) is 18.2 Å². The summed E-state index contributed by atoms with van der Waals surface area (Å²) in [7, 11) is -2.17. The van der Waals surface area contributed by atoms with Crippen LogP contribution in [0.1, 0.15) is 0 Å². The number of allylic oxidation sites excluding steroid dienone is 4. The van der Waals surface area contributed by atoms with E-state index < -0.39 is 8.07 Å². The van der Waals surface area contributed by atoms with Gasteiger partial charge in [-0.1, -0.05) is 0 Å². The monoisotopic (exact) mass is 637 g/mol. The SMILES string of the molecule is C[Si]1(C)C2=CC(=O)C=CC2=Nc2ccc(O)c(-c3[se]c(I)cc3I)c21. The zero-order valence-electron chi connectivity index (χ0n) is 13.4. The predicted octanol–water partition coefficient (Wildman–Crippen LogP) is 3.93. The van der Waals surface area contributed by atoms with Gasteiger partial charge >= 0.3 is 182 Å². The van der Waals surface area contributed by atoms with Crippen molar-refractivity contribution in [2.24, 2.45) is 4.99 Å². The Bertz CT molecular complexity index is 1030. The van der Waals surface area contributed by atoms with Crippen LogP contribution >= 0.6 is 45.2 Å². The molecule has 3 nitrogen and oxygen atoms in total. The maximum atomic E-state index is 12.0. The molecule has 126 valence electrons. The van der Waals surface area contributed by atoms with Gasteiger partial charge in [-0.25, -0.2) is 0 Å². The number of aliphatic imine (C=N–C) groups is 1. The molecule has 2 aliphatic rings. The van der Waals surface area contributed by atoms with Gasteiger partial charge in [0.25, 0.3) is 0 Å². The van der Waals surface area contributed by atoms with Crippen molar-refractivity contribution in [1.82, 2.24) is 0 Å². The quantitative estimate of drug-likeness (QED) is 0.293. The Morgan fingerprint density at radius 3 is 2.64 bits per heavy atom. The van der Waals surface area contributed by atoms with Crippen molar-refractivity contribution < 1.29 is 9.90 Å². The van der Waals surface area contributed by atoms with Gasteiger partial charge in [-0.2, -0.15) is 0 Å². The van der Waals surface area contributed by atoms with E-state index in [0.717, 1.165) is 27.3 Å². The molecule has 0 atom stereocenters. The molecule has 0 fully saturated rings. The fraction of sp³-hybridized carbons (Fsp3) is 0.111. The van der Waals surface area contributed by atoms with Crippen LogP contribution in [0.2, 0.25) is 13.1 Å². The van der Waals surface area contributed by atoms with Crippen molar-refractivity contribution in [1.29, 1.82) is 0 Å². The Hall–Kier alpha value is -0.484. The van der Waals surface area contributed by atoms with Gasteiger partial charge in [0.1, 0.15) is 0 Å². The fourth-order valence-electron chi connectivity index (χ4n) is 3.43. The second-order valence-electron chi connectivity index (χ2n) is 6.50. The molecule has 0 bridgehead atoms. The molecule has 0 unspecified atom stereocenters. The number of hydrogen-bond donors (Lipinski definition) is 1. The number of aromatic hydroxyl groups is 1. The van der Waals surface area contributed by atoms with E-state index in [9.17, 15) is 9.90 Å². The van der Waals surface area contributed by atoms with Gasteiger partial charge in [0, 0.05) is 0 Å². The molecule has 0 amide bonds. The number of carbonyl (C=O) groups excluding carboxylic acids is 1. The van der Waals surface area contributed by atoms with Gasteiger partial charge in [0.2, 0.25) is 0 Å². The zero-order chi connectivity index (χ0) is 17.9. The van der Waals surface area contributed by atoms with Crippen LogP contribution in [0.15, 0.2) is 46.6 Å². The molecule has 1 aliphatic heterocycles. The number of halogens is 2. The minimum atomic E-state index is -2.17. The third-order valence-corrected chi connectivity index (χ3v) is 13.2. The molecule has 1 aliphatic carbocycles. The molecular weight excluding hydrogens is 623 g/mol. The summed E-state index contributed by atoms with van der Waals surface area (Å²) in [5, 5.41) is 12.9. The van der Waals surface area contributed by atoms with Crippen molar-refractivity contribution in [3.05, 3.63) is 47.6 Å². The molecule has 1 aromatic heterocycles. The summed E-state index contributed by atoms with van der Waals surface area (Å²) in [5.74, 6) is 0.344. The van der Waals surface area contributed by atoms with E-state index in [1.165, 1.54) is 10.5 Å². The van der Waals surface area contributed by atoms with E-state index in [2.05, 4.69) is 64.3 Å². The van der Waals surface area contributed by atoms with Crippen LogP contribution in [-0.4, -0.2) is 39.2 Å². The number of carbonyl (C=O) groups is 1. The molecule has 4 rings (SSSR count).